The fourth-order valence-corrected chi connectivity index (χ4v) is 3.91. The Morgan fingerprint density at radius 3 is 2.50 bits per heavy atom. The predicted octanol–water partition coefficient (Wildman–Crippen LogP) is 3.88. The van der Waals surface area contributed by atoms with Crippen LogP contribution in [-0.4, -0.2) is 37.7 Å². The van der Waals surface area contributed by atoms with Crippen LogP contribution in [0, 0.1) is 0 Å². The number of para-hydroxylation sites is 1. The molecule has 0 spiro atoms. The molecule has 1 fully saturated rings. The predicted molar refractivity (Wildman–Crippen MR) is 116 cm³/mol. The minimum Gasteiger partial charge on any atom is -0.474 e. The number of piperazine rings is 1. The molecule has 2 aliphatic heterocycles. The molecule has 0 atom stereocenters. The van der Waals surface area contributed by atoms with Crippen molar-refractivity contribution >= 4 is 41.3 Å². The second kappa shape index (κ2) is 8.19. The first-order valence-electron chi connectivity index (χ1n) is 9.30. The van der Waals surface area contributed by atoms with E-state index in [1.165, 1.54) is 0 Å². The van der Waals surface area contributed by atoms with E-state index in [1.54, 1.807) is 0 Å². The van der Waals surface area contributed by atoms with Gasteiger partial charge in [0.05, 0.1) is 17.9 Å². The van der Waals surface area contributed by atoms with Crippen molar-refractivity contribution in [2.24, 2.45) is 0 Å². The zero-order valence-corrected chi connectivity index (χ0v) is 17.6. The minimum atomic E-state index is -0.921. The Hall–Kier alpha value is -1.95. The fraction of sp³-hybridized carbons (Fsp3) is 0.381. The number of benzene rings is 2. The molecule has 4 rings (SSSR count). The highest BCUT2D eigenvalue weighted by Crippen LogP contribution is 2.45. The Kier molecular flexibility index (Phi) is 6.08. The molecule has 2 aliphatic rings. The van der Waals surface area contributed by atoms with Crippen LogP contribution in [0.5, 0.6) is 5.75 Å². The van der Waals surface area contributed by atoms with Crippen molar-refractivity contribution in [3.05, 3.63) is 53.1 Å². The summed E-state index contributed by atoms with van der Waals surface area (Å²) in [5.74, 6) is 0.735. The molecule has 7 heteroatoms. The second-order valence-electron chi connectivity index (χ2n) is 7.50. The summed E-state index contributed by atoms with van der Waals surface area (Å²) in [6.45, 7) is 7.85. The molecule has 0 saturated carbocycles. The quantitative estimate of drug-likeness (QED) is 0.816. The molecule has 0 aliphatic carbocycles. The summed E-state index contributed by atoms with van der Waals surface area (Å²) < 4.78 is 6.23. The summed E-state index contributed by atoms with van der Waals surface area (Å²) in [5, 5.41) is 4.04. The molecule has 1 saturated heterocycles. The van der Waals surface area contributed by atoms with Crippen LogP contribution in [0.15, 0.2) is 42.5 Å². The molecule has 0 radical (unpaired) electrons. The lowest BCUT2D eigenvalue weighted by Crippen LogP contribution is -2.52. The molecule has 0 unspecified atom stereocenters. The van der Waals surface area contributed by atoms with E-state index < -0.39 is 5.60 Å². The van der Waals surface area contributed by atoms with Gasteiger partial charge >= 0.3 is 0 Å². The number of carbonyl (C=O) groups excluding carboxylic acids is 1. The number of carbonyl (C=O) groups is 1. The van der Waals surface area contributed by atoms with Crippen molar-refractivity contribution in [1.82, 2.24) is 5.32 Å². The van der Waals surface area contributed by atoms with Gasteiger partial charge in [-0.3, -0.25) is 4.79 Å². The van der Waals surface area contributed by atoms with Crippen molar-refractivity contribution < 1.29 is 9.53 Å². The molecule has 2 aromatic rings. The van der Waals surface area contributed by atoms with Crippen molar-refractivity contribution in [1.29, 1.82) is 0 Å². The molecule has 150 valence electrons. The number of ether oxygens (including phenoxy) is 1. The van der Waals surface area contributed by atoms with Gasteiger partial charge in [-0.25, -0.2) is 0 Å². The van der Waals surface area contributed by atoms with Gasteiger partial charge in [0.15, 0.2) is 11.4 Å². The van der Waals surface area contributed by atoms with Gasteiger partial charge in [-0.2, -0.15) is 0 Å². The molecule has 2 aromatic carbocycles. The number of nitrogens with one attached hydrogen (secondary N) is 1. The molecular formula is C21H25Cl2N3O2. The highest BCUT2D eigenvalue weighted by atomic mass is 35.5. The summed E-state index contributed by atoms with van der Waals surface area (Å²) >= 11 is 6.14. The van der Waals surface area contributed by atoms with Crippen molar-refractivity contribution in [3.63, 3.8) is 0 Å². The number of fused-ring (bicyclic) bond motifs is 1. The largest absolute Gasteiger partial charge is 0.474 e. The molecule has 0 bridgehead atoms. The smallest absolute Gasteiger partial charge is 0.271 e. The molecular weight excluding hydrogens is 397 g/mol. The van der Waals surface area contributed by atoms with Crippen LogP contribution in [0.3, 0.4) is 0 Å². The molecule has 1 amide bonds. The lowest BCUT2D eigenvalue weighted by Gasteiger charge is -2.41. The van der Waals surface area contributed by atoms with Crippen LogP contribution < -0.4 is 19.9 Å². The summed E-state index contributed by atoms with van der Waals surface area (Å²) in [5.41, 5.74) is 1.93. The number of rotatable bonds is 3. The zero-order chi connectivity index (χ0) is 19.0. The maximum atomic E-state index is 13.1. The lowest BCUT2D eigenvalue weighted by molar-refractivity contribution is -0.132. The topological polar surface area (TPSA) is 44.8 Å². The van der Waals surface area contributed by atoms with E-state index in [1.807, 2.05) is 55.1 Å². The van der Waals surface area contributed by atoms with Gasteiger partial charge in [0.2, 0.25) is 0 Å². The van der Waals surface area contributed by atoms with E-state index in [9.17, 15) is 4.79 Å². The van der Waals surface area contributed by atoms with Crippen molar-refractivity contribution in [3.8, 4) is 5.75 Å². The van der Waals surface area contributed by atoms with Crippen molar-refractivity contribution in [2.45, 2.75) is 26.0 Å². The standard InChI is InChI=1S/C21H24ClN3O2.ClH/c1-21(2)20(26)25(14-15-5-3-6-16(22)13-15)18-8-4-7-17(19(18)27-21)24-11-9-23-10-12-24;/h3-8,13,23H,9-12,14H2,1-2H3;1H. The number of hydrogen-bond acceptors (Lipinski definition) is 4. The van der Waals surface area contributed by atoms with Gasteiger partial charge in [0.1, 0.15) is 0 Å². The van der Waals surface area contributed by atoms with Gasteiger partial charge < -0.3 is 19.9 Å². The van der Waals surface area contributed by atoms with Crippen LogP contribution in [0.4, 0.5) is 11.4 Å². The maximum Gasteiger partial charge on any atom is 0.271 e. The normalized spacial score (nSPS) is 18.2. The zero-order valence-electron chi connectivity index (χ0n) is 16.1. The van der Waals surface area contributed by atoms with E-state index in [2.05, 4.69) is 16.3 Å². The third kappa shape index (κ3) is 3.93. The summed E-state index contributed by atoms with van der Waals surface area (Å²) in [4.78, 5) is 17.3. The first-order valence-corrected chi connectivity index (χ1v) is 9.67. The average Bonchev–Trinajstić information content (AvgIpc) is 2.66. The Balaban J connectivity index is 0.00000225. The third-order valence-corrected chi connectivity index (χ3v) is 5.30. The van der Waals surface area contributed by atoms with Gasteiger partial charge in [0.25, 0.3) is 5.91 Å². The van der Waals surface area contributed by atoms with Crippen LogP contribution >= 0.6 is 24.0 Å². The second-order valence-corrected chi connectivity index (χ2v) is 7.93. The minimum absolute atomic E-state index is 0. The summed E-state index contributed by atoms with van der Waals surface area (Å²) in [6, 6.07) is 13.7. The van der Waals surface area contributed by atoms with Crippen LogP contribution in [0.1, 0.15) is 19.4 Å². The van der Waals surface area contributed by atoms with E-state index in [-0.39, 0.29) is 18.3 Å². The number of halogens is 2. The number of hydrogen-bond donors (Lipinski definition) is 1. The molecule has 5 nitrogen and oxygen atoms in total. The van der Waals surface area contributed by atoms with E-state index in [0.717, 1.165) is 48.9 Å². The summed E-state index contributed by atoms with van der Waals surface area (Å²) in [6.07, 6.45) is 0. The Labute approximate surface area is 177 Å². The van der Waals surface area contributed by atoms with Gasteiger partial charge in [-0.1, -0.05) is 29.8 Å². The van der Waals surface area contributed by atoms with E-state index in [0.29, 0.717) is 11.6 Å². The Bertz CT molecular complexity index is 866. The van der Waals surface area contributed by atoms with Crippen LogP contribution in [0.2, 0.25) is 5.02 Å². The Morgan fingerprint density at radius 1 is 1.11 bits per heavy atom. The average molecular weight is 422 g/mol. The molecule has 2 heterocycles. The molecule has 28 heavy (non-hydrogen) atoms. The molecule has 0 aromatic heterocycles. The van der Waals surface area contributed by atoms with Crippen molar-refractivity contribution in [2.75, 3.05) is 36.0 Å². The SMILES string of the molecule is CC1(C)Oc2c(N3CCNCC3)cccc2N(Cc2cccc(Cl)c2)C1=O.Cl. The first-order chi connectivity index (χ1) is 13.0. The highest BCUT2D eigenvalue weighted by molar-refractivity contribution is 6.30. The van der Waals surface area contributed by atoms with E-state index in [4.69, 9.17) is 16.3 Å². The van der Waals surface area contributed by atoms with Gasteiger partial charge in [-0.15, -0.1) is 12.4 Å². The highest BCUT2D eigenvalue weighted by Gasteiger charge is 2.42. The Morgan fingerprint density at radius 2 is 1.79 bits per heavy atom. The first kappa shape index (κ1) is 20.8. The lowest BCUT2D eigenvalue weighted by atomic mass is 10.0. The van der Waals surface area contributed by atoms with Crippen LogP contribution in [0.25, 0.3) is 0 Å². The number of amides is 1. The molecule has 1 N–H and O–H groups in total. The van der Waals surface area contributed by atoms with Gasteiger partial charge in [-0.05, 0) is 43.7 Å². The van der Waals surface area contributed by atoms with Crippen LogP contribution in [-0.2, 0) is 11.3 Å². The summed E-state index contributed by atoms with van der Waals surface area (Å²) in [7, 11) is 0. The fourth-order valence-electron chi connectivity index (χ4n) is 3.69. The third-order valence-electron chi connectivity index (χ3n) is 5.07. The number of nitrogens with zero attached hydrogens (tertiary/aromatic N) is 2. The maximum absolute atomic E-state index is 13.1. The number of anilines is 2. The van der Waals surface area contributed by atoms with E-state index >= 15 is 0 Å². The van der Waals surface area contributed by atoms with Gasteiger partial charge in [0, 0.05) is 31.2 Å². The monoisotopic (exact) mass is 421 g/mol.